The lowest BCUT2D eigenvalue weighted by molar-refractivity contribution is 0.0384. The highest BCUT2D eigenvalue weighted by Crippen LogP contribution is 2.43. The van der Waals surface area contributed by atoms with Crippen LogP contribution in [0.5, 0.6) is 0 Å². The minimum Gasteiger partial charge on any atom is -0.370 e. The van der Waals surface area contributed by atoms with Gasteiger partial charge >= 0.3 is 0 Å². The summed E-state index contributed by atoms with van der Waals surface area (Å²) in [5.41, 5.74) is 5.93. The molecule has 2 saturated carbocycles. The van der Waals surface area contributed by atoms with Crippen LogP contribution in [0.15, 0.2) is 4.52 Å². The van der Waals surface area contributed by atoms with Gasteiger partial charge in [0, 0.05) is 18.6 Å². The Morgan fingerprint density at radius 2 is 2.00 bits per heavy atom. The Morgan fingerprint density at radius 1 is 1.26 bits per heavy atom. The minimum atomic E-state index is 0.0355. The fourth-order valence-corrected chi connectivity index (χ4v) is 2.89. The molecule has 106 valence electrons. The molecule has 0 saturated heterocycles. The lowest BCUT2D eigenvalue weighted by Crippen LogP contribution is -2.25. The van der Waals surface area contributed by atoms with Crippen molar-refractivity contribution in [1.82, 2.24) is 10.1 Å². The fourth-order valence-electron chi connectivity index (χ4n) is 2.89. The molecule has 2 aliphatic carbocycles. The van der Waals surface area contributed by atoms with Gasteiger partial charge in [0.1, 0.15) is 6.10 Å². The normalized spacial score (nSPS) is 29.4. The van der Waals surface area contributed by atoms with Gasteiger partial charge in [-0.1, -0.05) is 5.16 Å². The Kier molecular flexibility index (Phi) is 3.84. The van der Waals surface area contributed by atoms with Crippen molar-refractivity contribution in [2.24, 2.45) is 11.7 Å². The average Bonchev–Trinajstić information content (AvgIpc) is 3.14. The van der Waals surface area contributed by atoms with Crippen LogP contribution in [0.25, 0.3) is 0 Å². The predicted octanol–water partition coefficient (Wildman–Crippen LogP) is 2.54. The first-order valence-corrected chi connectivity index (χ1v) is 7.48. The lowest BCUT2D eigenvalue weighted by atomic mass is 9.86. The largest absolute Gasteiger partial charge is 0.370 e. The van der Waals surface area contributed by atoms with Gasteiger partial charge in [0.15, 0.2) is 0 Å². The summed E-state index contributed by atoms with van der Waals surface area (Å²) in [7, 11) is 0. The topological polar surface area (TPSA) is 74.2 Å². The Hall–Kier alpha value is -0.940. The summed E-state index contributed by atoms with van der Waals surface area (Å²) in [5, 5.41) is 4.15. The van der Waals surface area contributed by atoms with Gasteiger partial charge in [0.2, 0.25) is 11.7 Å². The van der Waals surface area contributed by atoms with Gasteiger partial charge in [-0.2, -0.15) is 4.98 Å². The smallest absolute Gasteiger partial charge is 0.229 e. The second kappa shape index (κ2) is 5.59. The molecule has 0 amide bonds. The molecule has 2 fully saturated rings. The summed E-state index contributed by atoms with van der Waals surface area (Å²) in [6, 6.07) is 0.348. The van der Waals surface area contributed by atoms with Crippen molar-refractivity contribution in [1.29, 1.82) is 0 Å². The number of hydrogen-bond donors (Lipinski definition) is 1. The lowest BCUT2D eigenvalue weighted by Gasteiger charge is -2.23. The second-order valence-electron chi connectivity index (χ2n) is 5.82. The second-order valence-corrected chi connectivity index (χ2v) is 5.82. The molecule has 5 heteroatoms. The van der Waals surface area contributed by atoms with Crippen molar-refractivity contribution in [3.05, 3.63) is 11.7 Å². The molecule has 0 spiro atoms. The number of aromatic nitrogens is 2. The van der Waals surface area contributed by atoms with Gasteiger partial charge < -0.3 is 15.0 Å². The summed E-state index contributed by atoms with van der Waals surface area (Å²) in [6.45, 7) is 2.71. The molecule has 1 aromatic rings. The van der Waals surface area contributed by atoms with E-state index in [1.165, 1.54) is 12.8 Å². The van der Waals surface area contributed by atoms with E-state index in [-0.39, 0.29) is 6.10 Å². The maximum absolute atomic E-state index is 5.93. The average molecular weight is 265 g/mol. The third-order valence-electron chi connectivity index (χ3n) is 4.23. The van der Waals surface area contributed by atoms with Crippen LogP contribution < -0.4 is 5.73 Å². The molecule has 1 heterocycles. The summed E-state index contributed by atoms with van der Waals surface area (Å²) in [6.07, 6.45) is 6.70. The van der Waals surface area contributed by atoms with Crippen molar-refractivity contribution in [3.63, 3.8) is 0 Å². The number of rotatable bonds is 5. The first kappa shape index (κ1) is 13.1. The van der Waals surface area contributed by atoms with Crippen molar-refractivity contribution < 1.29 is 9.26 Å². The van der Waals surface area contributed by atoms with Gasteiger partial charge in [-0.25, -0.2) is 0 Å². The van der Waals surface area contributed by atoms with E-state index in [9.17, 15) is 0 Å². The van der Waals surface area contributed by atoms with Crippen LogP contribution in [-0.2, 0) is 4.74 Å². The first-order valence-electron chi connectivity index (χ1n) is 7.48. The molecule has 0 radical (unpaired) electrons. The van der Waals surface area contributed by atoms with Gasteiger partial charge in [0.05, 0.1) is 0 Å². The van der Waals surface area contributed by atoms with Crippen molar-refractivity contribution in [3.8, 4) is 0 Å². The van der Waals surface area contributed by atoms with E-state index in [0.717, 1.165) is 37.4 Å². The quantitative estimate of drug-likeness (QED) is 0.885. The van der Waals surface area contributed by atoms with Crippen LogP contribution in [0.3, 0.4) is 0 Å². The van der Waals surface area contributed by atoms with Gasteiger partial charge in [-0.05, 0) is 51.4 Å². The van der Waals surface area contributed by atoms with Crippen LogP contribution in [0.1, 0.15) is 69.2 Å². The van der Waals surface area contributed by atoms with Crippen molar-refractivity contribution >= 4 is 0 Å². The molecule has 1 aromatic heterocycles. The SMILES string of the molecule is CCOC(c1noc(C2CCC(N)CC2)n1)C1CC1. The monoisotopic (exact) mass is 265 g/mol. The van der Waals surface area contributed by atoms with E-state index in [4.69, 9.17) is 15.0 Å². The van der Waals surface area contributed by atoms with E-state index < -0.39 is 0 Å². The molecule has 1 atom stereocenters. The molecule has 0 aliphatic heterocycles. The Morgan fingerprint density at radius 3 is 2.63 bits per heavy atom. The zero-order chi connectivity index (χ0) is 13.2. The molecule has 2 N–H and O–H groups in total. The Labute approximate surface area is 113 Å². The van der Waals surface area contributed by atoms with Crippen molar-refractivity contribution in [2.45, 2.75) is 63.5 Å². The third kappa shape index (κ3) is 2.98. The standard InChI is InChI=1S/C14H23N3O2/c1-2-18-12(9-3-4-9)13-16-14(19-17-13)10-5-7-11(15)8-6-10/h9-12H,2-8,15H2,1H3. The van der Waals surface area contributed by atoms with E-state index in [0.29, 0.717) is 24.5 Å². The van der Waals surface area contributed by atoms with Gasteiger partial charge in [0.25, 0.3) is 0 Å². The highest BCUT2D eigenvalue weighted by atomic mass is 16.5. The Bertz CT molecular complexity index is 409. The minimum absolute atomic E-state index is 0.0355. The molecule has 1 unspecified atom stereocenters. The summed E-state index contributed by atoms with van der Waals surface area (Å²) in [4.78, 5) is 4.60. The van der Waals surface area contributed by atoms with Crippen LogP contribution in [0.4, 0.5) is 0 Å². The van der Waals surface area contributed by atoms with Crippen molar-refractivity contribution in [2.75, 3.05) is 6.61 Å². The maximum atomic E-state index is 5.93. The van der Waals surface area contributed by atoms with E-state index in [1.54, 1.807) is 0 Å². The zero-order valence-electron chi connectivity index (χ0n) is 11.5. The summed E-state index contributed by atoms with van der Waals surface area (Å²) in [5.74, 6) is 2.51. The molecule has 19 heavy (non-hydrogen) atoms. The molecule has 5 nitrogen and oxygen atoms in total. The summed E-state index contributed by atoms with van der Waals surface area (Å²) < 4.78 is 11.2. The van der Waals surface area contributed by atoms with Crippen LogP contribution in [0, 0.1) is 5.92 Å². The van der Waals surface area contributed by atoms with Crippen LogP contribution in [0.2, 0.25) is 0 Å². The first-order chi connectivity index (χ1) is 9.28. The summed E-state index contributed by atoms with van der Waals surface area (Å²) >= 11 is 0. The maximum Gasteiger partial charge on any atom is 0.229 e. The number of ether oxygens (including phenoxy) is 1. The van der Waals surface area contributed by atoms with Crippen LogP contribution in [-0.4, -0.2) is 22.8 Å². The molecule has 0 bridgehead atoms. The molecule has 2 aliphatic rings. The number of nitrogens with zero attached hydrogens (tertiary/aromatic N) is 2. The van der Waals surface area contributed by atoms with Crippen LogP contribution >= 0.6 is 0 Å². The zero-order valence-corrected chi connectivity index (χ0v) is 11.5. The Balaban J connectivity index is 1.68. The fraction of sp³-hybridized carbons (Fsp3) is 0.857. The molecule has 3 rings (SSSR count). The molecular weight excluding hydrogens is 242 g/mol. The van der Waals surface area contributed by atoms with Gasteiger partial charge in [-0.15, -0.1) is 0 Å². The highest BCUT2D eigenvalue weighted by molar-refractivity contribution is 5.02. The predicted molar refractivity (Wildman–Crippen MR) is 70.6 cm³/mol. The van der Waals surface area contributed by atoms with E-state index >= 15 is 0 Å². The molecular formula is C14H23N3O2. The van der Waals surface area contributed by atoms with Gasteiger partial charge in [-0.3, -0.25) is 0 Å². The van der Waals surface area contributed by atoms with E-state index in [2.05, 4.69) is 10.1 Å². The molecule has 0 aromatic carbocycles. The number of nitrogens with two attached hydrogens (primary N) is 1. The highest BCUT2D eigenvalue weighted by Gasteiger charge is 2.36. The number of hydrogen-bond acceptors (Lipinski definition) is 5. The van der Waals surface area contributed by atoms with E-state index in [1.807, 2.05) is 6.92 Å². The third-order valence-corrected chi connectivity index (χ3v) is 4.23.